The molecule has 5 heteroatoms. The number of hydrogen-bond acceptors (Lipinski definition) is 3. The zero-order chi connectivity index (χ0) is 16.8. The Bertz CT molecular complexity index is 687. The van der Waals surface area contributed by atoms with E-state index in [4.69, 9.17) is 4.74 Å². The van der Waals surface area contributed by atoms with Crippen LogP contribution >= 0.6 is 24.8 Å². The Morgan fingerprint density at radius 2 is 1.88 bits per heavy atom. The molecule has 0 radical (unpaired) electrons. The minimum atomic E-state index is 0. The van der Waals surface area contributed by atoms with E-state index in [1.807, 2.05) is 6.08 Å². The van der Waals surface area contributed by atoms with E-state index in [9.17, 15) is 0 Å². The number of ether oxygens (including phenoxy) is 1. The summed E-state index contributed by atoms with van der Waals surface area (Å²) in [7, 11) is 0. The molecule has 1 aliphatic rings. The van der Waals surface area contributed by atoms with Crippen LogP contribution in [0.15, 0.2) is 49.1 Å². The molecule has 0 aliphatic carbocycles. The van der Waals surface area contributed by atoms with Crippen LogP contribution in [-0.4, -0.2) is 37.7 Å². The van der Waals surface area contributed by atoms with E-state index in [2.05, 4.69) is 60.1 Å². The van der Waals surface area contributed by atoms with Gasteiger partial charge in [-0.3, -0.25) is 4.90 Å². The molecule has 0 spiro atoms. The van der Waals surface area contributed by atoms with Gasteiger partial charge < -0.3 is 10.1 Å². The summed E-state index contributed by atoms with van der Waals surface area (Å²) < 4.78 is 6.03. The average molecular weight is 397 g/mol. The first kappa shape index (κ1) is 22.8. The van der Waals surface area contributed by atoms with Crippen LogP contribution in [0.2, 0.25) is 0 Å². The third-order valence-electron chi connectivity index (χ3n) is 4.80. The molecule has 0 unspecified atom stereocenters. The first-order valence-electron chi connectivity index (χ1n) is 9.05. The summed E-state index contributed by atoms with van der Waals surface area (Å²) in [6.45, 7) is 11.0. The molecular weight excluding hydrogens is 367 g/mol. The molecule has 3 nitrogen and oxygen atoms in total. The standard InChI is InChI=1S/C21H28N2O.2ClH/c1-3-5-10-19(23-15-13-22-14-16-23)21-18-9-7-6-8-17(18)11-12-20(21)24-4-2;;/h3,6-9,11-12,19,22H,1,4-5,10,13-16H2,2H3;2*1H/t19-;;/m1../s1. The minimum Gasteiger partial charge on any atom is -0.494 e. The number of halogens is 2. The Morgan fingerprint density at radius 1 is 1.15 bits per heavy atom. The van der Waals surface area contributed by atoms with E-state index in [0.717, 1.165) is 44.8 Å². The summed E-state index contributed by atoms with van der Waals surface area (Å²) in [4.78, 5) is 2.60. The number of rotatable bonds is 7. The van der Waals surface area contributed by atoms with Crippen molar-refractivity contribution in [2.45, 2.75) is 25.8 Å². The first-order valence-corrected chi connectivity index (χ1v) is 9.05. The molecule has 1 aliphatic heterocycles. The second kappa shape index (κ2) is 11.5. The Balaban J connectivity index is 0.00000169. The molecule has 0 saturated carbocycles. The van der Waals surface area contributed by atoms with Crippen LogP contribution in [0.25, 0.3) is 10.8 Å². The number of fused-ring (bicyclic) bond motifs is 1. The number of nitrogens with zero attached hydrogens (tertiary/aromatic N) is 1. The minimum absolute atomic E-state index is 0. The molecule has 0 bridgehead atoms. The normalized spacial score (nSPS) is 15.6. The predicted molar refractivity (Wildman–Crippen MR) is 116 cm³/mol. The van der Waals surface area contributed by atoms with Gasteiger partial charge in [0, 0.05) is 37.8 Å². The Hall–Kier alpha value is -1.26. The van der Waals surface area contributed by atoms with Crippen LogP contribution in [0, 0.1) is 0 Å². The van der Waals surface area contributed by atoms with Crippen molar-refractivity contribution < 1.29 is 4.74 Å². The van der Waals surface area contributed by atoms with E-state index < -0.39 is 0 Å². The Labute approximate surface area is 169 Å². The van der Waals surface area contributed by atoms with Crippen molar-refractivity contribution in [3.63, 3.8) is 0 Å². The molecule has 144 valence electrons. The predicted octanol–water partition coefficient (Wildman–Crippen LogP) is 4.99. The van der Waals surface area contributed by atoms with E-state index in [1.165, 1.54) is 16.3 Å². The fourth-order valence-electron chi connectivity index (χ4n) is 3.68. The molecule has 0 aromatic heterocycles. The molecule has 0 amide bonds. The van der Waals surface area contributed by atoms with Gasteiger partial charge in [0.15, 0.2) is 0 Å². The van der Waals surface area contributed by atoms with Crippen molar-refractivity contribution in [3.8, 4) is 5.75 Å². The lowest BCUT2D eigenvalue weighted by Crippen LogP contribution is -2.45. The van der Waals surface area contributed by atoms with Crippen LogP contribution in [0.4, 0.5) is 0 Å². The highest BCUT2D eigenvalue weighted by Gasteiger charge is 2.26. The number of allylic oxidation sites excluding steroid dienone is 1. The van der Waals surface area contributed by atoms with Crippen molar-refractivity contribution in [3.05, 3.63) is 54.6 Å². The Kier molecular flexibility index (Phi) is 10.0. The van der Waals surface area contributed by atoms with Crippen molar-refractivity contribution in [2.75, 3.05) is 32.8 Å². The highest BCUT2D eigenvalue weighted by Crippen LogP contribution is 2.38. The van der Waals surface area contributed by atoms with Crippen LogP contribution in [0.1, 0.15) is 31.4 Å². The monoisotopic (exact) mass is 396 g/mol. The smallest absolute Gasteiger partial charge is 0.124 e. The van der Waals surface area contributed by atoms with Crippen molar-refractivity contribution >= 4 is 35.6 Å². The first-order chi connectivity index (χ1) is 11.8. The molecule has 1 atom stereocenters. The van der Waals surface area contributed by atoms with E-state index in [0.29, 0.717) is 12.6 Å². The van der Waals surface area contributed by atoms with Gasteiger partial charge >= 0.3 is 0 Å². The lowest BCUT2D eigenvalue weighted by atomic mass is 9.93. The zero-order valence-corrected chi connectivity index (χ0v) is 17.1. The third-order valence-corrected chi connectivity index (χ3v) is 4.80. The lowest BCUT2D eigenvalue weighted by Gasteiger charge is -2.36. The molecule has 1 fully saturated rings. The van der Waals surface area contributed by atoms with Crippen LogP contribution in [-0.2, 0) is 0 Å². The van der Waals surface area contributed by atoms with Gasteiger partial charge in [-0.15, -0.1) is 31.4 Å². The Morgan fingerprint density at radius 3 is 2.58 bits per heavy atom. The zero-order valence-electron chi connectivity index (χ0n) is 15.4. The highest BCUT2D eigenvalue weighted by molar-refractivity contribution is 5.88. The van der Waals surface area contributed by atoms with Gasteiger partial charge in [0.05, 0.1) is 6.61 Å². The van der Waals surface area contributed by atoms with Crippen LogP contribution in [0.5, 0.6) is 5.75 Å². The molecule has 3 rings (SSSR count). The van der Waals surface area contributed by atoms with Gasteiger partial charge in [-0.1, -0.05) is 36.4 Å². The molecule has 26 heavy (non-hydrogen) atoms. The maximum Gasteiger partial charge on any atom is 0.124 e. The summed E-state index contributed by atoms with van der Waals surface area (Å²) >= 11 is 0. The molecule has 2 aromatic rings. The van der Waals surface area contributed by atoms with Gasteiger partial charge in [0.1, 0.15) is 5.75 Å². The summed E-state index contributed by atoms with van der Waals surface area (Å²) in [5.74, 6) is 1.03. The van der Waals surface area contributed by atoms with Gasteiger partial charge in [-0.2, -0.15) is 0 Å². The maximum absolute atomic E-state index is 6.03. The lowest BCUT2D eigenvalue weighted by molar-refractivity contribution is 0.163. The van der Waals surface area contributed by atoms with E-state index >= 15 is 0 Å². The fraction of sp³-hybridized carbons (Fsp3) is 0.429. The van der Waals surface area contributed by atoms with Crippen LogP contribution in [0.3, 0.4) is 0 Å². The van der Waals surface area contributed by atoms with Crippen molar-refractivity contribution in [1.29, 1.82) is 0 Å². The maximum atomic E-state index is 6.03. The summed E-state index contributed by atoms with van der Waals surface area (Å²) in [6.07, 6.45) is 4.13. The number of nitrogens with one attached hydrogen (secondary N) is 1. The van der Waals surface area contributed by atoms with Gasteiger partial charge in [-0.25, -0.2) is 0 Å². The topological polar surface area (TPSA) is 24.5 Å². The SMILES string of the molecule is C=CCC[C@H](c1c(OCC)ccc2ccccc12)N1CCNCC1.Cl.Cl. The van der Waals surface area contributed by atoms with Gasteiger partial charge in [0.25, 0.3) is 0 Å². The second-order valence-electron chi connectivity index (χ2n) is 6.30. The molecule has 2 aromatic carbocycles. The number of hydrogen-bond donors (Lipinski definition) is 1. The molecular formula is C21H30Cl2N2O. The van der Waals surface area contributed by atoms with E-state index in [1.54, 1.807) is 0 Å². The van der Waals surface area contributed by atoms with Crippen LogP contribution < -0.4 is 10.1 Å². The summed E-state index contributed by atoms with van der Waals surface area (Å²) in [6, 6.07) is 13.3. The van der Waals surface area contributed by atoms with Crippen molar-refractivity contribution in [2.24, 2.45) is 0 Å². The quantitative estimate of drug-likeness (QED) is 0.666. The third kappa shape index (κ3) is 5.14. The number of piperazine rings is 1. The molecule has 1 heterocycles. The van der Waals surface area contributed by atoms with Crippen molar-refractivity contribution in [1.82, 2.24) is 10.2 Å². The van der Waals surface area contributed by atoms with Gasteiger partial charge in [-0.05, 0) is 36.6 Å². The molecule has 1 saturated heterocycles. The van der Waals surface area contributed by atoms with E-state index in [-0.39, 0.29) is 24.8 Å². The number of benzene rings is 2. The fourth-order valence-corrected chi connectivity index (χ4v) is 3.68. The largest absolute Gasteiger partial charge is 0.494 e. The summed E-state index contributed by atoms with van der Waals surface area (Å²) in [5.41, 5.74) is 1.35. The van der Waals surface area contributed by atoms with Gasteiger partial charge in [0.2, 0.25) is 0 Å². The molecule has 1 N–H and O–H groups in total. The summed E-state index contributed by atoms with van der Waals surface area (Å²) in [5, 5.41) is 6.06. The average Bonchev–Trinajstić information content (AvgIpc) is 2.64. The highest BCUT2D eigenvalue weighted by atomic mass is 35.5. The second-order valence-corrected chi connectivity index (χ2v) is 6.30.